The molecule has 24 heavy (non-hydrogen) atoms. The van der Waals surface area contributed by atoms with E-state index in [1.807, 2.05) is 30.3 Å². The van der Waals surface area contributed by atoms with Crippen molar-refractivity contribution in [1.82, 2.24) is 4.90 Å². The van der Waals surface area contributed by atoms with Crippen LogP contribution in [0.4, 0.5) is 0 Å². The number of benzene rings is 1. The first-order valence-corrected chi connectivity index (χ1v) is 9.65. The molecule has 1 aromatic heterocycles. The predicted octanol–water partition coefficient (Wildman–Crippen LogP) is 4.04. The molecule has 0 radical (unpaired) electrons. The second-order valence-electron chi connectivity index (χ2n) is 6.41. The van der Waals surface area contributed by atoms with Gasteiger partial charge in [0.25, 0.3) is 5.91 Å². The molecule has 0 fully saturated rings. The monoisotopic (exact) mass is 343 g/mol. The quantitative estimate of drug-likeness (QED) is 0.890. The summed E-state index contributed by atoms with van der Waals surface area (Å²) in [5, 5.41) is 9.36. The van der Waals surface area contributed by atoms with Gasteiger partial charge in [0.2, 0.25) is 0 Å². The number of rotatable bonds is 5. The van der Waals surface area contributed by atoms with Crippen molar-refractivity contribution in [3.05, 3.63) is 57.3 Å². The Morgan fingerprint density at radius 2 is 1.83 bits per heavy atom. The van der Waals surface area contributed by atoms with Crippen LogP contribution in [0.1, 0.15) is 51.4 Å². The van der Waals surface area contributed by atoms with Gasteiger partial charge in [0, 0.05) is 18.0 Å². The van der Waals surface area contributed by atoms with E-state index in [1.165, 1.54) is 36.1 Å². The molecule has 4 heteroatoms. The lowest BCUT2D eigenvalue weighted by Gasteiger charge is -2.21. The number of thiophene rings is 1. The van der Waals surface area contributed by atoms with E-state index in [9.17, 15) is 9.90 Å². The first-order valence-electron chi connectivity index (χ1n) is 8.83. The fourth-order valence-electron chi connectivity index (χ4n) is 3.28. The first-order chi connectivity index (χ1) is 11.8. The zero-order chi connectivity index (χ0) is 16.8. The van der Waals surface area contributed by atoms with Gasteiger partial charge in [0.15, 0.2) is 0 Å². The Labute approximate surface area is 147 Å². The third-order valence-electron chi connectivity index (χ3n) is 4.58. The summed E-state index contributed by atoms with van der Waals surface area (Å²) in [6, 6.07) is 12.1. The highest BCUT2D eigenvalue weighted by molar-refractivity contribution is 7.14. The highest BCUT2D eigenvalue weighted by atomic mass is 32.1. The van der Waals surface area contributed by atoms with Gasteiger partial charge in [0.1, 0.15) is 0 Å². The number of nitrogens with zero attached hydrogens (tertiary/aromatic N) is 1. The van der Waals surface area contributed by atoms with Crippen molar-refractivity contribution in [3.8, 4) is 0 Å². The summed E-state index contributed by atoms with van der Waals surface area (Å²) in [6.45, 7) is 0.906. The van der Waals surface area contributed by atoms with Gasteiger partial charge >= 0.3 is 0 Å². The molecule has 1 amide bonds. The summed E-state index contributed by atoms with van der Waals surface area (Å²) in [5.41, 5.74) is 2.46. The molecular weight excluding hydrogens is 318 g/mol. The number of hydrogen-bond donors (Lipinski definition) is 1. The molecule has 0 spiro atoms. The minimum absolute atomic E-state index is 0.0103. The molecular formula is C20H25NO2S. The van der Waals surface area contributed by atoms with E-state index in [2.05, 4.69) is 6.07 Å². The van der Waals surface area contributed by atoms with Gasteiger partial charge < -0.3 is 10.0 Å². The molecule has 0 bridgehead atoms. The summed E-state index contributed by atoms with van der Waals surface area (Å²) in [4.78, 5) is 16.9. The van der Waals surface area contributed by atoms with Crippen LogP contribution in [-0.4, -0.2) is 29.1 Å². The molecule has 1 aliphatic carbocycles. The number of aliphatic hydroxyl groups excluding tert-OH is 1. The third kappa shape index (κ3) is 4.25. The highest BCUT2D eigenvalue weighted by Gasteiger charge is 2.20. The van der Waals surface area contributed by atoms with E-state index < -0.39 is 0 Å². The van der Waals surface area contributed by atoms with Gasteiger partial charge in [-0.15, -0.1) is 11.3 Å². The molecule has 0 saturated carbocycles. The minimum Gasteiger partial charge on any atom is -0.395 e. The summed E-state index contributed by atoms with van der Waals surface area (Å²) in [5.74, 6) is 0.0460. The SMILES string of the molecule is O=C(c1cc2c(s1)CCCCCC2)N(CCO)Cc1ccccc1. The van der Waals surface area contributed by atoms with E-state index in [4.69, 9.17) is 0 Å². The lowest BCUT2D eigenvalue weighted by molar-refractivity contribution is 0.0712. The van der Waals surface area contributed by atoms with Crippen LogP contribution < -0.4 is 0 Å². The number of hydrogen-bond acceptors (Lipinski definition) is 3. The summed E-state index contributed by atoms with van der Waals surface area (Å²) >= 11 is 1.66. The molecule has 2 aromatic rings. The molecule has 1 N–H and O–H groups in total. The molecule has 1 aliphatic rings. The Morgan fingerprint density at radius 3 is 2.58 bits per heavy atom. The molecule has 0 saturated heterocycles. The van der Waals surface area contributed by atoms with Crippen molar-refractivity contribution in [2.24, 2.45) is 0 Å². The molecule has 1 heterocycles. The highest BCUT2D eigenvalue weighted by Crippen LogP contribution is 2.29. The number of aryl methyl sites for hydroxylation is 2. The number of amides is 1. The smallest absolute Gasteiger partial charge is 0.264 e. The largest absolute Gasteiger partial charge is 0.395 e. The Morgan fingerprint density at radius 1 is 1.08 bits per heavy atom. The molecule has 3 rings (SSSR count). The number of aliphatic hydroxyl groups is 1. The van der Waals surface area contributed by atoms with E-state index in [-0.39, 0.29) is 12.5 Å². The second-order valence-corrected chi connectivity index (χ2v) is 7.55. The molecule has 3 nitrogen and oxygen atoms in total. The van der Waals surface area contributed by atoms with E-state index in [0.29, 0.717) is 13.1 Å². The van der Waals surface area contributed by atoms with Crippen molar-refractivity contribution in [1.29, 1.82) is 0 Å². The van der Waals surface area contributed by atoms with Gasteiger partial charge in [-0.05, 0) is 42.9 Å². The van der Waals surface area contributed by atoms with Crippen LogP contribution in [0.25, 0.3) is 0 Å². The lowest BCUT2D eigenvalue weighted by Crippen LogP contribution is -2.32. The van der Waals surface area contributed by atoms with Gasteiger partial charge in [-0.25, -0.2) is 0 Å². The fraction of sp³-hybridized carbons (Fsp3) is 0.450. The van der Waals surface area contributed by atoms with E-state index in [0.717, 1.165) is 23.3 Å². The fourth-order valence-corrected chi connectivity index (χ4v) is 4.50. The van der Waals surface area contributed by atoms with Crippen LogP contribution in [0, 0.1) is 0 Å². The number of carbonyl (C=O) groups is 1. The van der Waals surface area contributed by atoms with Crippen LogP contribution in [0.2, 0.25) is 0 Å². The standard InChI is InChI=1S/C20H25NO2S/c22-13-12-21(15-16-8-4-3-5-9-16)20(23)19-14-17-10-6-1-2-7-11-18(17)24-19/h3-5,8-9,14,22H,1-2,6-7,10-13,15H2. The lowest BCUT2D eigenvalue weighted by atomic mass is 10.00. The second kappa shape index (κ2) is 8.45. The van der Waals surface area contributed by atoms with Crippen molar-refractivity contribution in [3.63, 3.8) is 0 Å². The maximum Gasteiger partial charge on any atom is 0.264 e. The van der Waals surface area contributed by atoms with Crippen LogP contribution >= 0.6 is 11.3 Å². The Bertz CT molecular complexity index is 640. The minimum atomic E-state index is -0.0103. The maximum absolute atomic E-state index is 13.0. The molecule has 0 aliphatic heterocycles. The predicted molar refractivity (Wildman–Crippen MR) is 98.5 cm³/mol. The van der Waals surface area contributed by atoms with E-state index >= 15 is 0 Å². The summed E-state index contributed by atoms with van der Waals surface area (Å²) < 4.78 is 0. The molecule has 1 aromatic carbocycles. The molecule has 0 unspecified atom stereocenters. The van der Waals surface area contributed by atoms with Crippen LogP contribution in [0.5, 0.6) is 0 Å². The first kappa shape index (κ1) is 17.2. The van der Waals surface area contributed by atoms with E-state index in [1.54, 1.807) is 16.2 Å². The third-order valence-corrected chi connectivity index (χ3v) is 5.81. The van der Waals surface area contributed by atoms with Gasteiger partial charge in [-0.2, -0.15) is 0 Å². The number of fused-ring (bicyclic) bond motifs is 1. The van der Waals surface area contributed by atoms with Crippen LogP contribution in [0.15, 0.2) is 36.4 Å². The summed E-state index contributed by atoms with van der Waals surface area (Å²) in [6.07, 6.45) is 7.24. The Kier molecular flexibility index (Phi) is 6.05. The normalized spacial score (nSPS) is 14.5. The summed E-state index contributed by atoms with van der Waals surface area (Å²) in [7, 11) is 0. The van der Waals surface area contributed by atoms with Gasteiger partial charge in [0.05, 0.1) is 11.5 Å². The molecule has 0 atom stereocenters. The van der Waals surface area contributed by atoms with Crippen LogP contribution in [-0.2, 0) is 19.4 Å². The van der Waals surface area contributed by atoms with Crippen molar-refractivity contribution in [2.45, 2.75) is 45.1 Å². The van der Waals surface area contributed by atoms with Gasteiger partial charge in [-0.1, -0.05) is 43.2 Å². The topological polar surface area (TPSA) is 40.5 Å². The van der Waals surface area contributed by atoms with Crippen molar-refractivity contribution in [2.75, 3.05) is 13.2 Å². The Balaban J connectivity index is 1.78. The van der Waals surface area contributed by atoms with Crippen LogP contribution in [0.3, 0.4) is 0 Å². The number of carbonyl (C=O) groups excluding carboxylic acids is 1. The van der Waals surface area contributed by atoms with Crippen molar-refractivity contribution >= 4 is 17.2 Å². The zero-order valence-corrected chi connectivity index (χ0v) is 14.9. The molecule has 128 valence electrons. The maximum atomic E-state index is 13.0. The zero-order valence-electron chi connectivity index (χ0n) is 14.0. The van der Waals surface area contributed by atoms with Gasteiger partial charge in [-0.3, -0.25) is 4.79 Å². The van der Waals surface area contributed by atoms with Crippen molar-refractivity contribution < 1.29 is 9.90 Å². The Hall–Kier alpha value is -1.65. The average Bonchev–Trinajstić information content (AvgIpc) is 2.97. The average molecular weight is 343 g/mol.